The lowest BCUT2D eigenvalue weighted by Crippen LogP contribution is -2.54. The maximum absolute atomic E-state index is 6.11. The van der Waals surface area contributed by atoms with Gasteiger partial charge in [-0.2, -0.15) is 0 Å². The summed E-state index contributed by atoms with van der Waals surface area (Å²) in [5.74, 6) is 2.01. The van der Waals surface area contributed by atoms with Crippen LogP contribution in [0.2, 0.25) is 0 Å². The summed E-state index contributed by atoms with van der Waals surface area (Å²) >= 11 is 0. The smallest absolute Gasteiger partial charge is 0.0328 e. The predicted octanol–water partition coefficient (Wildman–Crippen LogP) is 3.02. The van der Waals surface area contributed by atoms with E-state index in [-0.39, 0.29) is 0 Å². The Balaban J connectivity index is 1.84. The van der Waals surface area contributed by atoms with Gasteiger partial charge in [0.15, 0.2) is 0 Å². The van der Waals surface area contributed by atoms with Crippen LogP contribution in [0.4, 0.5) is 0 Å². The van der Waals surface area contributed by atoms with Crippen molar-refractivity contribution in [1.82, 2.24) is 4.90 Å². The molecule has 0 aromatic heterocycles. The minimum atomic E-state index is 0.334. The average molecular weight is 238 g/mol. The monoisotopic (exact) mass is 238 g/mol. The highest BCUT2D eigenvalue weighted by molar-refractivity contribution is 4.95. The number of hydrogen-bond donors (Lipinski definition) is 1. The van der Waals surface area contributed by atoms with Crippen molar-refractivity contribution < 1.29 is 0 Å². The fourth-order valence-electron chi connectivity index (χ4n) is 3.38. The molecule has 0 spiro atoms. The summed E-state index contributed by atoms with van der Waals surface area (Å²) in [5.41, 5.74) is 6.44. The first-order chi connectivity index (χ1) is 8.20. The summed E-state index contributed by atoms with van der Waals surface area (Å²) in [5, 5.41) is 0. The van der Waals surface area contributed by atoms with Gasteiger partial charge in [-0.15, -0.1) is 0 Å². The number of rotatable bonds is 6. The van der Waals surface area contributed by atoms with Crippen LogP contribution in [-0.2, 0) is 0 Å². The Kier molecular flexibility index (Phi) is 4.48. The Morgan fingerprint density at radius 3 is 2.24 bits per heavy atom. The molecule has 2 aliphatic carbocycles. The summed E-state index contributed by atoms with van der Waals surface area (Å²) in [7, 11) is 2.31. The van der Waals surface area contributed by atoms with E-state index in [0.717, 1.165) is 18.4 Å². The van der Waals surface area contributed by atoms with Gasteiger partial charge >= 0.3 is 0 Å². The predicted molar refractivity (Wildman–Crippen MR) is 74.0 cm³/mol. The number of likely N-dealkylation sites (N-methyl/N-ethyl adjacent to an activating group) is 1. The maximum atomic E-state index is 6.11. The Labute approximate surface area is 107 Å². The lowest BCUT2D eigenvalue weighted by atomic mass is 9.74. The second kappa shape index (κ2) is 5.71. The van der Waals surface area contributed by atoms with Gasteiger partial charge in [-0.3, -0.25) is 4.90 Å². The quantitative estimate of drug-likeness (QED) is 0.771. The summed E-state index contributed by atoms with van der Waals surface area (Å²) < 4.78 is 0. The van der Waals surface area contributed by atoms with E-state index >= 15 is 0 Å². The lowest BCUT2D eigenvalue weighted by Gasteiger charge is -2.46. The first-order valence-corrected chi connectivity index (χ1v) is 7.61. The van der Waals surface area contributed by atoms with Crippen molar-refractivity contribution in [3.63, 3.8) is 0 Å². The van der Waals surface area contributed by atoms with E-state index in [1.807, 2.05) is 0 Å². The normalized spacial score (nSPS) is 34.2. The third-order valence-corrected chi connectivity index (χ3v) is 5.37. The van der Waals surface area contributed by atoms with Crippen LogP contribution in [0.1, 0.15) is 58.3 Å². The molecule has 17 heavy (non-hydrogen) atoms. The fraction of sp³-hybridized carbons (Fsp3) is 1.00. The molecule has 0 heterocycles. The molecule has 0 atom stereocenters. The zero-order valence-corrected chi connectivity index (χ0v) is 11.8. The second-order valence-electron chi connectivity index (χ2n) is 6.43. The summed E-state index contributed by atoms with van der Waals surface area (Å²) in [6.45, 7) is 4.44. The first kappa shape index (κ1) is 13.4. The Bertz CT molecular complexity index is 227. The molecule has 2 N–H and O–H groups in total. The van der Waals surface area contributed by atoms with Crippen LogP contribution >= 0.6 is 0 Å². The molecule has 0 aromatic carbocycles. The molecular weight excluding hydrogens is 208 g/mol. The zero-order valence-electron chi connectivity index (χ0n) is 11.8. The van der Waals surface area contributed by atoms with Crippen molar-refractivity contribution in [1.29, 1.82) is 0 Å². The van der Waals surface area contributed by atoms with Crippen molar-refractivity contribution in [3.05, 3.63) is 0 Å². The van der Waals surface area contributed by atoms with E-state index in [4.69, 9.17) is 5.73 Å². The molecule has 0 amide bonds. The van der Waals surface area contributed by atoms with Crippen molar-refractivity contribution in [3.8, 4) is 0 Å². The van der Waals surface area contributed by atoms with Gasteiger partial charge in [-0.1, -0.05) is 26.2 Å². The largest absolute Gasteiger partial charge is 0.329 e. The van der Waals surface area contributed by atoms with Gasteiger partial charge in [0.25, 0.3) is 0 Å². The highest BCUT2D eigenvalue weighted by Crippen LogP contribution is 2.38. The van der Waals surface area contributed by atoms with Crippen LogP contribution < -0.4 is 5.73 Å². The van der Waals surface area contributed by atoms with E-state index in [1.54, 1.807) is 0 Å². The van der Waals surface area contributed by atoms with Gasteiger partial charge < -0.3 is 5.73 Å². The van der Waals surface area contributed by atoms with Gasteiger partial charge in [0.05, 0.1) is 0 Å². The first-order valence-electron chi connectivity index (χ1n) is 7.61. The van der Waals surface area contributed by atoms with E-state index in [9.17, 15) is 0 Å². The minimum Gasteiger partial charge on any atom is -0.329 e. The number of nitrogens with zero attached hydrogens (tertiary/aromatic N) is 1. The van der Waals surface area contributed by atoms with E-state index in [1.165, 1.54) is 57.9 Å². The molecule has 0 unspecified atom stereocenters. The molecule has 2 heteroatoms. The SMILES string of the molecule is CCC1CCC(CN)(N(C)CCC2CC2)CC1. The standard InChI is InChI=1S/C15H30N2/c1-3-13-6-9-15(12-16,10-7-13)17(2)11-8-14-4-5-14/h13-14H,3-12,16H2,1-2H3. The third kappa shape index (κ3) is 3.23. The summed E-state index contributed by atoms with van der Waals surface area (Å²) in [6, 6.07) is 0. The highest BCUT2D eigenvalue weighted by Gasteiger charge is 2.37. The lowest BCUT2D eigenvalue weighted by molar-refractivity contribution is 0.0620. The molecule has 0 saturated heterocycles. The van der Waals surface area contributed by atoms with Gasteiger partial charge in [-0.25, -0.2) is 0 Å². The molecule has 2 fully saturated rings. The Morgan fingerprint density at radius 1 is 1.12 bits per heavy atom. The van der Waals surface area contributed by atoms with Crippen LogP contribution in [0, 0.1) is 11.8 Å². The molecule has 2 aliphatic rings. The van der Waals surface area contributed by atoms with Gasteiger partial charge in [0.2, 0.25) is 0 Å². The molecule has 2 nitrogen and oxygen atoms in total. The molecule has 0 radical (unpaired) electrons. The van der Waals surface area contributed by atoms with E-state index < -0.39 is 0 Å². The summed E-state index contributed by atoms with van der Waals surface area (Å²) in [4.78, 5) is 2.59. The van der Waals surface area contributed by atoms with Crippen molar-refractivity contribution in [2.75, 3.05) is 20.1 Å². The van der Waals surface area contributed by atoms with Crippen LogP contribution in [0.5, 0.6) is 0 Å². The van der Waals surface area contributed by atoms with Gasteiger partial charge in [0, 0.05) is 12.1 Å². The summed E-state index contributed by atoms with van der Waals surface area (Å²) in [6.07, 6.45) is 11.1. The molecular formula is C15H30N2. The van der Waals surface area contributed by atoms with Crippen LogP contribution in [0.25, 0.3) is 0 Å². The van der Waals surface area contributed by atoms with E-state index in [0.29, 0.717) is 5.54 Å². The van der Waals surface area contributed by atoms with Gasteiger partial charge in [-0.05, 0) is 57.5 Å². The van der Waals surface area contributed by atoms with Crippen molar-refractivity contribution in [2.24, 2.45) is 17.6 Å². The number of nitrogens with two attached hydrogens (primary N) is 1. The molecule has 100 valence electrons. The molecule has 2 rings (SSSR count). The highest BCUT2D eigenvalue weighted by atomic mass is 15.2. The fourth-order valence-corrected chi connectivity index (χ4v) is 3.38. The minimum absolute atomic E-state index is 0.334. The Morgan fingerprint density at radius 2 is 1.76 bits per heavy atom. The maximum Gasteiger partial charge on any atom is 0.0328 e. The molecule has 2 saturated carbocycles. The van der Waals surface area contributed by atoms with Crippen LogP contribution in [0.3, 0.4) is 0 Å². The van der Waals surface area contributed by atoms with Gasteiger partial charge in [0.1, 0.15) is 0 Å². The topological polar surface area (TPSA) is 29.3 Å². The molecule has 0 aromatic rings. The van der Waals surface area contributed by atoms with Crippen LogP contribution in [-0.4, -0.2) is 30.6 Å². The molecule has 0 bridgehead atoms. The average Bonchev–Trinajstić information content (AvgIpc) is 3.20. The second-order valence-corrected chi connectivity index (χ2v) is 6.43. The Hall–Kier alpha value is -0.0800. The van der Waals surface area contributed by atoms with Crippen molar-refractivity contribution >= 4 is 0 Å². The van der Waals surface area contributed by atoms with E-state index in [2.05, 4.69) is 18.9 Å². The third-order valence-electron chi connectivity index (χ3n) is 5.37. The van der Waals surface area contributed by atoms with Crippen molar-refractivity contribution in [2.45, 2.75) is 63.8 Å². The zero-order chi connectivity index (χ0) is 12.3. The van der Waals surface area contributed by atoms with Crippen LogP contribution in [0.15, 0.2) is 0 Å². The molecule has 0 aliphatic heterocycles. The number of hydrogen-bond acceptors (Lipinski definition) is 2.